The maximum absolute atomic E-state index is 13.0. The van der Waals surface area contributed by atoms with Crippen LogP contribution in [0.1, 0.15) is 11.3 Å². The molecule has 158 valence electrons. The molecule has 0 saturated carbocycles. The lowest BCUT2D eigenvalue weighted by Crippen LogP contribution is -2.37. The molecule has 3 aromatic rings. The number of nitrogens with zero attached hydrogens (tertiary/aromatic N) is 2. The van der Waals surface area contributed by atoms with Gasteiger partial charge in [-0.3, -0.25) is 4.99 Å². The number of rotatable bonds is 8. The van der Waals surface area contributed by atoms with Gasteiger partial charge in [0.1, 0.15) is 12.1 Å². The SMILES string of the molecule is CN=C(NCCc1coc(-c2ccc(F)cc2)n1)NCc1ccc(OC)c(OC)c1. The number of oxazole rings is 1. The second kappa shape index (κ2) is 10.3. The number of methoxy groups -OCH3 is 2. The third kappa shape index (κ3) is 5.50. The first-order valence-electron chi connectivity index (χ1n) is 9.48. The predicted molar refractivity (Wildman–Crippen MR) is 113 cm³/mol. The van der Waals surface area contributed by atoms with E-state index < -0.39 is 0 Å². The predicted octanol–water partition coefficient (Wildman–Crippen LogP) is 3.41. The number of benzene rings is 2. The Labute approximate surface area is 175 Å². The van der Waals surface area contributed by atoms with Crippen LogP contribution in [0.3, 0.4) is 0 Å². The number of guanidine groups is 1. The van der Waals surface area contributed by atoms with Crippen molar-refractivity contribution in [3.05, 3.63) is 65.8 Å². The molecule has 7 nitrogen and oxygen atoms in total. The fourth-order valence-corrected chi connectivity index (χ4v) is 2.85. The summed E-state index contributed by atoms with van der Waals surface area (Å²) >= 11 is 0. The molecule has 0 aliphatic rings. The van der Waals surface area contributed by atoms with Gasteiger partial charge >= 0.3 is 0 Å². The highest BCUT2D eigenvalue weighted by molar-refractivity contribution is 5.79. The van der Waals surface area contributed by atoms with E-state index in [1.807, 2.05) is 18.2 Å². The summed E-state index contributed by atoms with van der Waals surface area (Å²) < 4.78 is 29.1. The quantitative estimate of drug-likeness (QED) is 0.436. The van der Waals surface area contributed by atoms with Crippen molar-refractivity contribution in [2.75, 3.05) is 27.8 Å². The van der Waals surface area contributed by atoms with Gasteiger partial charge in [0, 0.05) is 32.1 Å². The lowest BCUT2D eigenvalue weighted by atomic mass is 10.2. The Bertz CT molecular complexity index is 986. The first-order chi connectivity index (χ1) is 14.6. The summed E-state index contributed by atoms with van der Waals surface area (Å²) in [6.45, 7) is 1.21. The van der Waals surface area contributed by atoms with Crippen molar-refractivity contribution in [2.24, 2.45) is 4.99 Å². The highest BCUT2D eigenvalue weighted by Crippen LogP contribution is 2.27. The molecule has 0 spiro atoms. The Balaban J connectivity index is 1.49. The van der Waals surface area contributed by atoms with Crippen LogP contribution in [0.5, 0.6) is 11.5 Å². The molecule has 2 N–H and O–H groups in total. The maximum atomic E-state index is 13.0. The van der Waals surface area contributed by atoms with E-state index in [0.29, 0.717) is 42.9 Å². The molecule has 1 aromatic heterocycles. The zero-order valence-corrected chi connectivity index (χ0v) is 17.2. The fraction of sp³-hybridized carbons (Fsp3) is 0.273. The van der Waals surface area contributed by atoms with Crippen molar-refractivity contribution in [1.29, 1.82) is 0 Å². The van der Waals surface area contributed by atoms with Crippen LogP contribution >= 0.6 is 0 Å². The van der Waals surface area contributed by atoms with E-state index in [9.17, 15) is 4.39 Å². The molecule has 1 heterocycles. The van der Waals surface area contributed by atoms with E-state index in [-0.39, 0.29) is 5.82 Å². The van der Waals surface area contributed by atoms with Gasteiger partial charge in [0.25, 0.3) is 0 Å². The second-order valence-corrected chi connectivity index (χ2v) is 6.44. The molecule has 3 rings (SSSR count). The van der Waals surface area contributed by atoms with Crippen molar-refractivity contribution >= 4 is 5.96 Å². The normalized spacial score (nSPS) is 11.3. The molecule has 0 bridgehead atoms. The summed E-state index contributed by atoms with van der Waals surface area (Å²) in [6.07, 6.45) is 2.27. The van der Waals surface area contributed by atoms with Crippen molar-refractivity contribution in [2.45, 2.75) is 13.0 Å². The average Bonchev–Trinajstić information content (AvgIpc) is 3.25. The molecule has 0 fully saturated rings. The van der Waals surface area contributed by atoms with Crippen molar-refractivity contribution in [3.8, 4) is 23.0 Å². The molecule has 0 atom stereocenters. The van der Waals surface area contributed by atoms with Crippen LogP contribution in [0.2, 0.25) is 0 Å². The molecule has 0 radical (unpaired) electrons. The summed E-state index contributed by atoms with van der Waals surface area (Å²) in [5.74, 6) is 2.23. The lowest BCUT2D eigenvalue weighted by molar-refractivity contribution is 0.354. The number of hydrogen-bond acceptors (Lipinski definition) is 5. The fourth-order valence-electron chi connectivity index (χ4n) is 2.85. The summed E-state index contributed by atoms with van der Waals surface area (Å²) in [6, 6.07) is 11.8. The van der Waals surface area contributed by atoms with Gasteiger partial charge in [0.2, 0.25) is 5.89 Å². The zero-order chi connectivity index (χ0) is 21.3. The Hall–Kier alpha value is -3.55. The Morgan fingerprint density at radius 2 is 1.83 bits per heavy atom. The van der Waals surface area contributed by atoms with Crippen LogP contribution < -0.4 is 20.1 Å². The minimum atomic E-state index is -0.290. The third-order valence-corrected chi connectivity index (χ3v) is 4.45. The minimum absolute atomic E-state index is 0.290. The third-order valence-electron chi connectivity index (χ3n) is 4.45. The van der Waals surface area contributed by atoms with E-state index in [0.717, 1.165) is 16.8 Å². The van der Waals surface area contributed by atoms with Crippen LogP contribution in [0.25, 0.3) is 11.5 Å². The summed E-state index contributed by atoms with van der Waals surface area (Å²) in [4.78, 5) is 8.68. The first kappa shape index (κ1) is 21.2. The molecule has 0 saturated heterocycles. The van der Waals surface area contributed by atoms with E-state index in [4.69, 9.17) is 13.9 Å². The highest BCUT2D eigenvalue weighted by atomic mass is 19.1. The lowest BCUT2D eigenvalue weighted by Gasteiger charge is -2.13. The zero-order valence-electron chi connectivity index (χ0n) is 17.2. The molecule has 0 amide bonds. The topological polar surface area (TPSA) is 80.9 Å². The van der Waals surface area contributed by atoms with Crippen molar-refractivity contribution < 1.29 is 18.3 Å². The molecule has 8 heteroatoms. The average molecular weight is 412 g/mol. The second-order valence-electron chi connectivity index (χ2n) is 6.44. The number of nitrogens with one attached hydrogen (secondary N) is 2. The van der Waals surface area contributed by atoms with Gasteiger partial charge in [-0.15, -0.1) is 0 Å². The smallest absolute Gasteiger partial charge is 0.226 e. The maximum Gasteiger partial charge on any atom is 0.226 e. The van der Waals surface area contributed by atoms with Crippen LogP contribution in [0, 0.1) is 5.82 Å². The molecule has 30 heavy (non-hydrogen) atoms. The number of hydrogen-bond donors (Lipinski definition) is 2. The van der Waals surface area contributed by atoms with Crippen LogP contribution in [-0.4, -0.2) is 38.8 Å². The number of ether oxygens (including phenoxy) is 2. The Morgan fingerprint density at radius 1 is 1.07 bits per heavy atom. The standard InChI is InChI=1S/C22H25FN4O3/c1-24-22(26-13-15-4-9-19(28-2)20(12-15)29-3)25-11-10-18-14-30-21(27-18)16-5-7-17(23)8-6-16/h4-9,12,14H,10-11,13H2,1-3H3,(H2,24,25,26). The van der Waals surface area contributed by atoms with E-state index in [2.05, 4.69) is 20.6 Å². The summed E-state index contributed by atoms with van der Waals surface area (Å²) in [5, 5.41) is 6.51. The number of halogens is 1. The van der Waals surface area contributed by atoms with Crippen molar-refractivity contribution in [1.82, 2.24) is 15.6 Å². The van der Waals surface area contributed by atoms with Crippen LogP contribution in [-0.2, 0) is 13.0 Å². The van der Waals surface area contributed by atoms with Gasteiger partial charge < -0.3 is 24.5 Å². The van der Waals surface area contributed by atoms with Gasteiger partial charge in [-0.2, -0.15) is 0 Å². The van der Waals surface area contributed by atoms with Gasteiger partial charge in [0.05, 0.1) is 19.9 Å². The van der Waals surface area contributed by atoms with Gasteiger partial charge in [-0.25, -0.2) is 9.37 Å². The summed E-state index contributed by atoms with van der Waals surface area (Å²) in [7, 11) is 4.94. The Morgan fingerprint density at radius 3 is 2.53 bits per heavy atom. The van der Waals surface area contributed by atoms with Gasteiger partial charge in [-0.1, -0.05) is 6.07 Å². The van der Waals surface area contributed by atoms with Crippen molar-refractivity contribution in [3.63, 3.8) is 0 Å². The van der Waals surface area contributed by atoms with E-state index in [1.165, 1.54) is 12.1 Å². The molecule has 0 unspecified atom stereocenters. The minimum Gasteiger partial charge on any atom is -0.493 e. The van der Waals surface area contributed by atoms with E-state index in [1.54, 1.807) is 39.7 Å². The Kier molecular flexibility index (Phi) is 7.26. The van der Waals surface area contributed by atoms with Gasteiger partial charge in [0.15, 0.2) is 17.5 Å². The number of aromatic nitrogens is 1. The summed E-state index contributed by atoms with van der Waals surface area (Å²) in [5.41, 5.74) is 2.58. The molecule has 0 aliphatic heterocycles. The number of aliphatic imine (C=N–C) groups is 1. The van der Waals surface area contributed by atoms with Crippen LogP contribution in [0.4, 0.5) is 4.39 Å². The molecule has 2 aromatic carbocycles. The van der Waals surface area contributed by atoms with Crippen LogP contribution in [0.15, 0.2) is 58.1 Å². The molecule has 0 aliphatic carbocycles. The monoisotopic (exact) mass is 412 g/mol. The highest BCUT2D eigenvalue weighted by Gasteiger charge is 2.08. The molecular formula is C22H25FN4O3. The van der Waals surface area contributed by atoms with E-state index >= 15 is 0 Å². The molecular weight excluding hydrogens is 387 g/mol. The first-order valence-corrected chi connectivity index (χ1v) is 9.48. The largest absolute Gasteiger partial charge is 0.493 e. The van der Waals surface area contributed by atoms with Gasteiger partial charge in [-0.05, 0) is 42.0 Å².